The summed E-state index contributed by atoms with van der Waals surface area (Å²) in [7, 11) is 0. The monoisotopic (exact) mass is 469 g/mol. The minimum absolute atomic E-state index is 0.545. The van der Waals surface area contributed by atoms with Gasteiger partial charge in [0.1, 0.15) is 5.52 Å². The zero-order valence-corrected chi connectivity index (χ0v) is 19.7. The molecule has 0 unspecified atom stereocenters. The highest BCUT2D eigenvalue weighted by Gasteiger charge is 2.18. The minimum Gasteiger partial charge on any atom is -0.399 e. The van der Waals surface area contributed by atoms with E-state index in [4.69, 9.17) is 33.9 Å². The van der Waals surface area contributed by atoms with Crippen LogP contribution in [0.4, 0.5) is 11.5 Å². The van der Waals surface area contributed by atoms with E-state index in [1.165, 1.54) is 11.8 Å². The number of aryl methyl sites for hydroxylation is 2. The van der Waals surface area contributed by atoms with Crippen LogP contribution in [-0.2, 0) is 6.54 Å². The van der Waals surface area contributed by atoms with Crippen LogP contribution < -0.4 is 11.1 Å². The molecule has 0 bridgehead atoms. The number of hydrogen-bond donors (Lipinski definition) is 2. The molecule has 4 aromatic rings. The topological polar surface area (TPSA) is 76.7 Å². The third-order valence-corrected chi connectivity index (χ3v) is 6.49. The fourth-order valence-electron chi connectivity index (χ4n) is 3.43. The predicted molar refractivity (Wildman–Crippen MR) is 132 cm³/mol. The van der Waals surface area contributed by atoms with Gasteiger partial charge in [-0.05, 0) is 55.0 Å². The standard InChI is InChI=1S/C23H21Cl2N5S/c1-12-7-13(2)20(25)18(19(12)24)17-9-15-11-28-23(31-3)30-21(15)22(29-17)27-10-14-5-4-6-16(26)8-14/h4-9,11H,10,26H2,1-3H3,(H,27,29). The van der Waals surface area contributed by atoms with Crippen LogP contribution in [0.25, 0.3) is 22.2 Å². The first-order valence-electron chi connectivity index (χ1n) is 9.63. The van der Waals surface area contributed by atoms with Crippen molar-refractivity contribution in [3.05, 3.63) is 69.3 Å². The maximum atomic E-state index is 6.65. The second-order valence-corrected chi connectivity index (χ2v) is 8.79. The van der Waals surface area contributed by atoms with Crippen molar-refractivity contribution >= 4 is 57.4 Å². The lowest BCUT2D eigenvalue weighted by Crippen LogP contribution is -2.05. The number of thioether (sulfide) groups is 1. The van der Waals surface area contributed by atoms with Crippen LogP contribution in [0.15, 0.2) is 47.8 Å². The van der Waals surface area contributed by atoms with Gasteiger partial charge in [0.2, 0.25) is 0 Å². The number of nitrogens with zero attached hydrogens (tertiary/aromatic N) is 3. The molecule has 5 nitrogen and oxygen atoms in total. The first kappa shape index (κ1) is 21.7. The van der Waals surface area contributed by atoms with E-state index in [0.29, 0.717) is 44.5 Å². The van der Waals surface area contributed by atoms with Crippen molar-refractivity contribution < 1.29 is 0 Å². The number of rotatable bonds is 5. The number of benzene rings is 2. The number of hydrogen-bond acceptors (Lipinski definition) is 6. The molecule has 8 heteroatoms. The quantitative estimate of drug-likeness (QED) is 0.196. The van der Waals surface area contributed by atoms with Crippen LogP contribution in [0, 0.1) is 13.8 Å². The molecule has 0 amide bonds. The molecule has 4 rings (SSSR count). The van der Waals surface area contributed by atoms with Gasteiger partial charge in [-0.2, -0.15) is 0 Å². The summed E-state index contributed by atoms with van der Waals surface area (Å²) in [5, 5.41) is 6.11. The summed E-state index contributed by atoms with van der Waals surface area (Å²) >= 11 is 14.8. The van der Waals surface area contributed by atoms with Gasteiger partial charge in [0.05, 0.1) is 15.7 Å². The van der Waals surface area contributed by atoms with Crippen LogP contribution in [-0.4, -0.2) is 21.2 Å². The van der Waals surface area contributed by atoms with Gasteiger partial charge < -0.3 is 11.1 Å². The molecule has 0 fully saturated rings. The summed E-state index contributed by atoms with van der Waals surface area (Å²) in [6.07, 6.45) is 3.74. The average Bonchev–Trinajstić information content (AvgIpc) is 2.76. The van der Waals surface area contributed by atoms with Gasteiger partial charge in [0.15, 0.2) is 11.0 Å². The number of fused-ring (bicyclic) bond motifs is 1. The molecule has 3 N–H and O–H groups in total. The van der Waals surface area contributed by atoms with E-state index in [-0.39, 0.29) is 0 Å². The highest BCUT2D eigenvalue weighted by molar-refractivity contribution is 7.98. The van der Waals surface area contributed by atoms with Crippen molar-refractivity contribution in [2.45, 2.75) is 25.5 Å². The fraction of sp³-hybridized carbons (Fsp3) is 0.174. The Morgan fingerprint density at radius 1 is 1.03 bits per heavy atom. The highest BCUT2D eigenvalue weighted by atomic mass is 35.5. The first-order valence-corrected chi connectivity index (χ1v) is 11.6. The van der Waals surface area contributed by atoms with E-state index in [1.54, 1.807) is 6.20 Å². The lowest BCUT2D eigenvalue weighted by Gasteiger charge is -2.15. The number of nitrogens with two attached hydrogens (primary N) is 1. The number of halogens is 2. The number of anilines is 2. The largest absolute Gasteiger partial charge is 0.399 e. The molecule has 0 aliphatic heterocycles. The van der Waals surface area contributed by atoms with Gasteiger partial charge in [-0.3, -0.25) is 0 Å². The summed E-state index contributed by atoms with van der Waals surface area (Å²) in [4.78, 5) is 14.0. The lowest BCUT2D eigenvalue weighted by atomic mass is 10.0. The number of nitrogens with one attached hydrogen (secondary N) is 1. The molecule has 31 heavy (non-hydrogen) atoms. The first-order chi connectivity index (χ1) is 14.9. The third-order valence-electron chi connectivity index (χ3n) is 4.96. The number of pyridine rings is 1. The molecule has 0 saturated heterocycles. The van der Waals surface area contributed by atoms with Crippen LogP contribution in [0.1, 0.15) is 16.7 Å². The average molecular weight is 470 g/mol. The molecule has 0 atom stereocenters. The molecule has 2 aromatic heterocycles. The van der Waals surface area contributed by atoms with Gasteiger partial charge in [-0.25, -0.2) is 15.0 Å². The van der Waals surface area contributed by atoms with Crippen LogP contribution in [0.5, 0.6) is 0 Å². The zero-order chi connectivity index (χ0) is 22.1. The van der Waals surface area contributed by atoms with E-state index >= 15 is 0 Å². The maximum Gasteiger partial charge on any atom is 0.187 e. The van der Waals surface area contributed by atoms with E-state index in [1.807, 2.05) is 56.5 Å². The Morgan fingerprint density at radius 3 is 2.45 bits per heavy atom. The SMILES string of the molecule is CSc1ncc2cc(-c3c(Cl)c(C)cc(C)c3Cl)nc(NCc3cccc(N)c3)c2n1. The fourth-order valence-corrected chi connectivity index (χ4v) is 4.31. The summed E-state index contributed by atoms with van der Waals surface area (Å²) in [6, 6.07) is 11.6. The van der Waals surface area contributed by atoms with Gasteiger partial charge in [-0.1, -0.05) is 53.2 Å². The summed E-state index contributed by atoms with van der Waals surface area (Å²) in [5.41, 5.74) is 11.7. The molecular formula is C23H21Cl2N5S. The van der Waals surface area contributed by atoms with E-state index in [9.17, 15) is 0 Å². The molecule has 2 aromatic carbocycles. The van der Waals surface area contributed by atoms with Crippen LogP contribution in [0.2, 0.25) is 10.0 Å². The molecule has 0 aliphatic rings. The summed E-state index contributed by atoms with van der Waals surface area (Å²) in [5.74, 6) is 0.638. The van der Waals surface area contributed by atoms with Crippen molar-refractivity contribution in [2.24, 2.45) is 0 Å². The molecule has 0 radical (unpaired) electrons. The lowest BCUT2D eigenvalue weighted by molar-refractivity contribution is 0.999. The van der Waals surface area contributed by atoms with Crippen molar-refractivity contribution in [2.75, 3.05) is 17.3 Å². The molecule has 0 spiro atoms. The van der Waals surface area contributed by atoms with E-state index < -0.39 is 0 Å². The molecule has 0 aliphatic carbocycles. The highest BCUT2D eigenvalue weighted by Crippen LogP contribution is 2.40. The Morgan fingerprint density at radius 2 is 1.77 bits per heavy atom. The Hall–Kier alpha value is -2.54. The number of aromatic nitrogens is 3. The van der Waals surface area contributed by atoms with Crippen molar-refractivity contribution in [1.82, 2.24) is 15.0 Å². The second kappa shape index (κ2) is 8.91. The number of nitrogen functional groups attached to an aromatic ring is 1. The Bertz CT molecular complexity index is 1270. The van der Waals surface area contributed by atoms with E-state index in [0.717, 1.165) is 27.6 Å². The van der Waals surface area contributed by atoms with E-state index in [2.05, 4.69) is 15.3 Å². The third kappa shape index (κ3) is 4.42. The minimum atomic E-state index is 0.545. The van der Waals surface area contributed by atoms with Gasteiger partial charge in [0, 0.05) is 29.4 Å². The van der Waals surface area contributed by atoms with Crippen molar-refractivity contribution in [3.63, 3.8) is 0 Å². The zero-order valence-electron chi connectivity index (χ0n) is 17.3. The molecule has 2 heterocycles. The van der Waals surface area contributed by atoms with Crippen molar-refractivity contribution in [3.8, 4) is 11.3 Å². The van der Waals surface area contributed by atoms with Crippen LogP contribution in [0.3, 0.4) is 0 Å². The summed E-state index contributed by atoms with van der Waals surface area (Å²) in [6.45, 7) is 4.47. The van der Waals surface area contributed by atoms with Gasteiger partial charge >= 0.3 is 0 Å². The normalized spacial score (nSPS) is 11.1. The Balaban J connectivity index is 1.87. The summed E-state index contributed by atoms with van der Waals surface area (Å²) < 4.78 is 0. The molecule has 158 valence electrons. The second-order valence-electron chi connectivity index (χ2n) is 7.26. The van der Waals surface area contributed by atoms with Crippen LogP contribution >= 0.6 is 35.0 Å². The van der Waals surface area contributed by atoms with Gasteiger partial charge in [0.25, 0.3) is 0 Å². The van der Waals surface area contributed by atoms with Crippen molar-refractivity contribution in [1.29, 1.82) is 0 Å². The maximum absolute atomic E-state index is 6.65. The molecule has 0 saturated carbocycles. The smallest absolute Gasteiger partial charge is 0.187 e. The molecular weight excluding hydrogens is 449 g/mol. The Kier molecular flexibility index (Phi) is 6.23. The predicted octanol–water partition coefficient (Wildman–Crippen LogP) is 6.53. The van der Waals surface area contributed by atoms with Gasteiger partial charge in [-0.15, -0.1) is 0 Å². The Labute approximate surface area is 195 Å².